The number of methoxy groups -OCH3 is 1. The zero-order valence-corrected chi connectivity index (χ0v) is 13.0. The number of hydrogen-bond donors (Lipinski definition) is 2. The molecule has 0 bridgehead atoms. The van der Waals surface area contributed by atoms with Crippen molar-refractivity contribution in [2.45, 2.75) is 31.9 Å². The summed E-state index contributed by atoms with van der Waals surface area (Å²) < 4.78 is 16.1. The van der Waals surface area contributed by atoms with E-state index in [0.717, 1.165) is 17.1 Å². The lowest BCUT2D eigenvalue weighted by Gasteiger charge is -2.26. The van der Waals surface area contributed by atoms with Gasteiger partial charge in [0.1, 0.15) is 13.2 Å². The van der Waals surface area contributed by atoms with Crippen LogP contribution in [-0.2, 0) is 4.74 Å². The van der Waals surface area contributed by atoms with Crippen LogP contribution in [0.25, 0.3) is 0 Å². The van der Waals surface area contributed by atoms with Crippen LogP contribution in [0, 0.1) is 0 Å². The van der Waals surface area contributed by atoms with Gasteiger partial charge in [0.05, 0.1) is 5.60 Å². The van der Waals surface area contributed by atoms with E-state index in [1.165, 1.54) is 0 Å². The van der Waals surface area contributed by atoms with Crippen molar-refractivity contribution in [2.75, 3.05) is 33.5 Å². The van der Waals surface area contributed by atoms with E-state index < -0.39 is 5.60 Å². The highest BCUT2D eigenvalue weighted by Crippen LogP contribution is 2.32. The number of benzene rings is 1. The first kappa shape index (κ1) is 16.1. The van der Waals surface area contributed by atoms with Gasteiger partial charge in [-0.25, -0.2) is 0 Å². The van der Waals surface area contributed by atoms with Crippen molar-refractivity contribution in [2.24, 2.45) is 0 Å². The summed E-state index contributed by atoms with van der Waals surface area (Å²) in [5.74, 6) is 1.59. The fraction of sp³-hybridized carbons (Fsp3) is 0.625. The van der Waals surface area contributed by atoms with Crippen LogP contribution in [0.5, 0.6) is 11.5 Å². The monoisotopic (exact) mass is 295 g/mol. The minimum Gasteiger partial charge on any atom is -0.486 e. The van der Waals surface area contributed by atoms with Crippen molar-refractivity contribution < 1.29 is 19.3 Å². The molecule has 0 radical (unpaired) electrons. The Morgan fingerprint density at radius 1 is 1.33 bits per heavy atom. The van der Waals surface area contributed by atoms with E-state index in [-0.39, 0.29) is 6.04 Å². The lowest BCUT2D eigenvalue weighted by Crippen LogP contribution is -2.39. The van der Waals surface area contributed by atoms with E-state index in [2.05, 4.69) is 12.2 Å². The van der Waals surface area contributed by atoms with Gasteiger partial charge in [0, 0.05) is 32.7 Å². The first-order valence-electron chi connectivity index (χ1n) is 7.36. The van der Waals surface area contributed by atoms with E-state index in [1.54, 1.807) is 7.11 Å². The van der Waals surface area contributed by atoms with Gasteiger partial charge >= 0.3 is 0 Å². The quantitative estimate of drug-likeness (QED) is 0.804. The minimum absolute atomic E-state index is 0.120. The van der Waals surface area contributed by atoms with E-state index in [1.807, 2.05) is 25.1 Å². The lowest BCUT2D eigenvalue weighted by molar-refractivity contribution is 0.0231. The Balaban J connectivity index is 1.92. The highest BCUT2D eigenvalue weighted by atomic mass is 16.6. The Kier molecular flexibility index (Phi) is 5.45. The van der Waals surface area contributed by atoms with Crippen LogP contribution in [0.4, 0.5) is 0 Å². The number of fused-ring (bicyclic) bond motifs is 1. The molecule has 2 unspecified atom stereocenters. The Morgan fingerprint density at radius 3 is 2.76 bits per heavy atom. The third-order valence-corrected chi connectivity index (χ3v) is 3.70. The molecule has 5 heteroatoms. The fourth-order valence-electron chi connectivity index (χ4n) is 2.23. The predicted octanol–water partition coefficient (Wildman–Crippen LogP) is 1.90. The summed E-state index contributed by atoms with van der Waals surface area (Å²) in [6.07, 6.45) is 0.602. The maximum atomic E-state index is 10.2. The van der Waals surface area contributed by atoms with Gasteiger partial charge in [0.15, 0.2) is 11.5 Å². The van der Waals surface area contributed by atoms with Crippen LogP contribution in [0.1, 0.15) is 31.9 Å². The SMILES string of the molecule is COCCC(C)(O)CNC(C)c1ccc2c(c1)OCCO2. The summed E-state index contributed by atoms with van der Waals surface area (Å²) >= 11 is 0. The average Bonchev–Trinajstić information content (AvgIpc) is 2.50. The van der Waals surface area contributed by atoms with E-state index in [4.69, 9.17) is 14.2 Å². The van der Waals surface area contributed by atoms with Crippen LogP contribution >= 0.6 is 0 Å². The van der Waals surface area contributed by atoms with Crippen LogP contribution in [0.2, 0.25) is 0 Å². The van der Waals surface area contributed by atoms with Gasteiger partial charge in [0.25, 0.3) is 0 Å². The highest BCUT2D eigenvalue weighted by molar-refractivity contribution is 5.44. The van der Waals surface area contributed by atoms with Gasteiger partial charge in [-0.2, -0.15) is 0 Å². The van der Waals surface area contributed by atoms with Gasteiger partial charge in [-0.3, -0.25) is 0 Å². The van der Waals surface area contributed by atoms with Crippen molar-refractivity contribution in [3.63, 3.8) is 0 Å². The number of ether oxygens (including phenoxy) is 3. The number of rotatable bonds is 7. The summed E-state index contributed by atoms with van der Waals surface area (Å²) in [7, 11) is 1.64. The summed E-state index contributed by atoms with van der Waals surface area (Å²) in [5.41, 5.74) is 0.333. The third-order valence-electron chi connectivity index (χ3n) is 3.70. The lowest BCUT2D eigenvalue weighted by atomic mass is 10.0. The molecule has 2 atom stereocenters. The second-order valence-electron chi connectivity index (χ2n) is 5.75. The number of nitrogens with one attached hydrogen (secondary N) is 1. The molecule has 0 saturated heterocycles. The molecule has 1 aromatic rings. The molecule has 1 heterocycles. The molecule has 0 fully saturated rings. The van der Waals surface area contributed by atoms with Crippen LogP contribution in [-0.4, -0.2) is 44.2 Å². The van der Waals surface area contributed by atoms with Crippen molar-refractivity contribution in [3.05, 3.63) is 23.8 Å². The summed E-state index contributed by atoms with van der Waals surface area (Å²) in [4.78, 5) is 0. The van der Waals surface area contributed by atoms with Gasteiger partial charge in [0.2, 0.25) is 0 Å². The predicted molar refractivity (Wildman–Crippen MR) is 81.0 cm³/mol. The molecule has 0 saturated carbocycles. The smallest absolute Gasteiger partial charge is 0.161 e. The van der Waals surface area contributed by atoms with Crippen molar-refractivity contribution in [1.82, 2.24) is 5.32 Å². The number of aliphatic hydroxyl groups is 1. The fourth-order valence-corrected chi connectivity index (χ4v) is 2.23. The molecule has 2 N–H and O–H groups in total. The molecule has 21 heavy (non-hydrogen) atoms. The largest absolute Gasteiger partial charge is 0.486 e. The van der Waals surface area contributed by atoms with Crippen molar-refractivity contribution in [1.29, 1.82) is 0 Å². The van der Waals surface area contributed by atoms with Gasteiger partial charge in [-0.15, -0.1) is 0 Å². The molecule has 5 nitrogen and oxygen atoms in total. The Bertz CT molecular complexity index is 462. The standard InChI is InChI=1S/C16H25NO4/c1-12(17-11-16(2,18)6-7-19-3)13-4-5-14-15(10-13)21-9-8-20-14/h4-5,10,12,17-18H,6-9,11H2,1-3H3. The second-order valence-corrected chi connectivity index (χ2v) is 5.75. The Morgan fingerprint density at radius 2 is 2.05 bits per heavy atom. The van der Waals surface area contributed by atoms with Gasteiger partial charge in [-0.05, 0) is 31.5 Å². The first-order valence-corrected chi connectivity index (χ1v) is 7.36. The van der Waals surface area contributed by atoms with Crippen LogP contribution in [0.15, 0.2) is 18.2 Å². The molecule has 1 aliphatic rings. The maximum Gasteiger partial charge on any atom is 0.161 e. The van der Waals surface area contributed by atoms with Crippen LogP contribution in [0.3, 0.4) is 0 Å². The Labute approximate surface area is 126 Å². The zero-order valence-electron chi connectivity index (χ0n) is 13.0. The maximum absolute atomic E-state index is 10.2. The minimum atomic E-state index is -0.780. The molecule has 0 aliphatic carbocycles. The molecule has 2 rings (SSSR count). The van der Waals surface area contributed by atoms with Crippen molar-refractivity contribution in [3.8, 4) is 11.5 Å². The van der Waals surface area contributed by atoms with E-state index in [9.17, 15) is 5.11 Å². The van der Waals surface area contributed by atoms with Crippen LogP contribution < -0.4 is 14.8 Å². The molecule has 1 aliphatic heterocycles. The molecule has 118 valence electrons. The summed E-state index contributed by atoms with van der Waals surface area (Å²) in [6.45, 7) is 6.12. The zero-order chi connectivity index (χ0) is 15.3. The number of hydrogen-bond acceptors (Lipinski definition) is 5. The normalized spacial score (nSPS) is 18.1. The van der Waals surface area contributed by atoms with Crippen molar-refractivity contribution >= 4 is 0 Å². The molecule has 1 aromatic carbocycles. The van der Waals surface area contributed by atoms with Gasteiger partial charge < -0.3 is 24.6 Å². The summed E-state index contributed by atoms with van der Waals surface area (Å²) in [6, 6.07) is 6.07. The van der Waals surface area contributed by atoms with E-state index in [0.29, 0.717) is 32.8 Å². The Hall–Kier alpha value is -1.30. The highest BCUT2D eigenvalue weighted by Gasteiger charge is 2.21. The molecule has 0 aromatic heterocycles. The molecule has 0 amide bonds. The van der Waals surface area contributed by atoms with E-state index >= 15 is 0 Å². The van der Waals surface area contributed by atoms with Gasteiger partial charge in [-0.1, -0.05) is 6.07 Å². The third kappa shape index (κ3) is 4.59. The summed E-state index contributed by atoms with van der Waals surface area (Å²) in [5, 5.41) is 13.6. The average molecular weight is 295 g/mol. The molecular formula is C16H25NO4. The first-order chi connectivity index (χ1) is 10.0. The second kappa shape index (κ2) is 7.11. The molecular weight excluding hydrogens is 270 g/mol. The molecule has 0 spiro atoms. The topological polar surface area (TPSA) is 60.0 Å².